The summed E-state index contributed by atoms with van der Waals surface area (Å²) in [7, 11) is 0. The Morgan fingerprint density at radius 2 is 1.26 bits per heavy atom. The number of hydrogen-bond acceptors (Lipinski definition) is 3. The molecule has 0 radical (unpaired) electrons. The SMILES string of the molecule is Oc1ccc(COCC[N+]23CCC(C(O)(c4ccccc4)c4ccccc4)(CC2)CC3)cc1.[Br-]. The van der Waals surface area contributed by atoms with Gasteiger partial charge in [-0.3, -0.25) is 0 Å². The lowest BCUT2D eigenvalue weighted by molar-refractivity contribution is -0.946. The molecular formula is C29H34BrNO3. The van der Waals surface area contributed by atoms with Crippen molar-refractivity contribution in [2.75, 3.05) is 32.8 Å². The fourth-order valence-electron chi connectivity index (χ4n) is 6.12. The third-order valence-electron chi connectivity index (χ3n) is 8.26. The molecule has 34 heavy (non-hydrogen) atoms. The number of aromatic hydroxyl groups is 1. The van der Waals surface area contributed by atoms with E-state index < -0.39 is 5.60 Å². The minimum absolute atomic E-state index is 0. The van der Waals surface area contributed by atoms with E-state index in [1.807, 2.05) is 48.5 Å². The lowest BCUT2D eigenvalue weighted by Gasteiger charge is -2.60. The third-order valence-corrected chi connectivity index (χ3v) is 8.26. The molecule has 2 N–H and O–H groups in total. The zero-order valence-corrected chi connectivity index (χ0v) is 21.2. The summed E-state index contributed by atoms with van der Waals surface area (Å²) in [5.41, 5.74) is 2.00. The standard InChI is InChI=1S/C29H33NO3.BrH/c31-27-13-11-24(12-14-27)23-33-22-21-30-18-15-28(16-19-30,17-20-30)29(32,25-7-3-1-4-8-25)26-9-5-2-6-10-26;/h1-14,32H,15-23H2;1H. The number of phenolic OH excluding ortho intramolecular Hbond substituents is 1. The number of aliphatic hydroxyl groups is 1. The van der Waals surface area contributed by atoms with Gasteiger partial charge in [0, 0.05) is 24.7 Å². The van der Waals surface area contributed by atoms with Crippen LogP contribution in [-0.2, 0) is 16.9 Å². The molecule has 3 heterocycles. The second kappa shape index (κ2) is 10.2. The summed E-state index contributed by atoms with van der Waals surface area (Å²) in [6.07, 6.45) is 3.06. The maximum Gasteiger partial charge on any atom is 0.121 e. The van der Waals surface area contributed by atoms with Crippen molar-refractivity contribution in [1.29, 1.82) is 0 Å². The maximum absolute atomic E-state index is 12.4. The highest BCUT2D eigenvalue weighted by Crippen LogP contribution is 2.57. The van der Waals surface area contributed by atoms with E-state index >= 15 is 0 Å². The topological polar surface area (TPSA) is 49.7 Å². The summed E-state index contributed by atoms with van der Waals surface area (Å²) in [6, 6.07) is 27.8. The summed E-state index contributed by atoms with van der Waals surface area (Å²) in [6.45, 7) is 5.59. The van der Waals surface area contributed by atoms with Gasteiger partial charge < -0.3 is 36.4 Å². The van der Waals surface area contributed by atoms with Crippen LogP contribution in [0.2, 0.25) is 0 Å². The molecule has 3 saturated heterocycles. The van der Waals surface area contributed by atoms with Crippen LogP contribution in [0, 0.1) is 5.41 Å². The van der Waals surface area contributed by atoms with Crippen LogP contribution in [0.3, 0.4) is 0 Å². The maximum atomic E-state index is 12.4. The number of halogens is 1. The van der Waals surface area contributed by atoms with E-state index in [4.69, 9.17) is 4.74 Å². The number of quaternary nitrogens is 1. The van der Waals surface area contributed by atoms with Gasteiger partial charge in [0.05, 0.1) is 32.8 Å². The highest BCUT2D eigenvalue weighted by Gasteiger charge is 2.60. The molecule has 3 aliphatic rings. The van der Waals surface area contributed by atoms with Crippen LogP contribution in [0.4, 0.5) is 0 Å². The first kappa shape index (κ1) is 24.9. The normalized spacial score (nSPS) is 23.9. The Hall–Kier alpha value is -2.18. The molecule has 3 aliphatic heterocycles. The molecule has 0 saturated carbocycles. The molecule has 0 atom stereocenters. The molecule has 180 valence electrons. The van der Waals surface area contributed by atoms with Gasteiger partial charge >= 0.3 is 0 Å². The Morgan fingerprint density at radius 1 is 0.765 bits per heavy atom. The van der Waals surface area contributed by atoms with Crippen LogP contribution >= 0.6 is 0 Å². The molecular weight excluding hydrogens is 490 g/mol. The van der Waals surface area contributed by atoms with Crippen LogP contribution in [-0.4, -0.2) is 47.5 Å². The molecule has 0 aliphatic carbocycles. The lowest BCUT2D eigenvalue weighted by Crippen LogP contribution is -3.00. The number of fused-ring (bicyclic) bond motifs is 3. The summed E-state index contributed by atoms with van der Waals surface area (Å²) in [5.74, 6) is 0.285. The van der Waals surface area contributed by atoms with Crippen LogP contribution < -0.4 is 17.0 Å². The van der Waals surface area contributed by atoms with Crippen molar-refractivity contribution in [1.82, 2.24) is 0 Å². The third kappa shape index (κ3) is 4.55. The fourth-order valence-corrected chi connectivity index (χ4v) is 6.12. The monoisotopic (exact) mass is 523 g/mol. The van der Waals surface area contributed by atoms with Gasteiger partial charge in [-0.05, 0) is 28.8 Å². The molecule has 3 aromatic carbocycles. The largest absolute Gasteiger partial charge is 1.00 e. The van der Waals surface area contributed by atoms with Gasteiger partial charge in [0.25, 0.3) is 0 Å². The van der Waals surface area contributed by atoms with Crippen molar-refractivity contribution in [2.45, 2.75) is 31.5 Å². The highest BCUT2D eigenvalue weighted by molar-refractivity contribution is 5.39. The molecule has 5 heteroatoms. The first-order chi connectivity index (χ1) is 16.1. The van der Waals surface area contributed by atoms with Crippen molar-refractivity contribution >= 4 is 0 Å². The van der Waals surface area contributed by atoms with Crippen LogP contribution in [0.15, 0.2) is 84.9 Å². The molecule has 0 spiro atoms. The second-order valence-electron chi connectivity index (χ2n) is 9.93. The van der Waals surface area contributed by atoms with Crippen LogP contribution in [0.1, 0.15) is 36.0 Å². The Labute approximate surface area is 213 Å². The van der Waals surface area contributed by atoms with Crippen molar-refractivity contribution in [2.24, 2.45) is 5.41 Å². The first-order valence-corrected chi connectivity index (χ1v) is 12.1. The molecule has 0 amide bonds. The van der Waals surface area contributed by atoms with Gasteiger partial charge in [-0.15, -0.1) is 0 Å². The van der Waals surface area contributed by atoms with Gasteiger partial charge in [0.1, 0.15) is 17.9 Å². The zero-order chi connectivity index (χ0) is 22.8. The summed E-state index contributed by atoms with van der Waals surface area (Å²) < 4.78 is 7.09. The van der Waals surface area contributed by atoms with Crippen molar-refractivity contribution in [3.63, 3.8) is 0 Å². The van der Waals surface area contributed by atoms with Gasteiger partial charge in [-0.1, -0.05) is 72.8 Å². The number of ether oxygens (including phenoxy) is 1. The van der Waals surface area contributed by atoms with Gasteiger partial charge in [-0.2, -0.15) is 0 Å². The molecule has 3 fully saturated rings. The van der Waals surface area contributed by atoms with E-state index in [2.05, 4.69) is 24.3 Å². The summed E-state index contributed by atoms with van der Waals surface area (Å²) in [5, 5.41) is 21.9. The lowest BCUT2D eigenvalue weighted by atomic mass is 9.56. The smallest absolute Gasteiger partial charge is 0.121 e. The van der Waals surface area contributed by atoms with E-state index in [-0.39, 0.29) is 28.1 Å². The predicted octanol–water partition coefficient (Wildman–Crippen LogP) is 1.85. The quantitative estimate of drug-likeness (QED) is 0.350. The summed E-state index contributed by atoms with van der Waals surface area (Å²) in [4.78, 5) is 0. The number of rotatable bonds is 8. The van der Waals surface area contributed by atoms with E-state index in [1.54, 1.807) is 12.1 Å². The molecule has 2 bridgehead atoms. The predicted molar refractivity (Wildman–Crippen MR) is 130 cm³/mol. The van der Waals surface area contributed by atoms with Crippen molar-refractivity contribution in [3.8, 4) is 5.75 Å². The number of phenols is 1. The molecule has 0 aromatic heterocycles. The Balaban J connectivity index is 0.00000274. The average Bonchev–Trinajstić information content (AvgIpc) is 2.89. The minimum Gasteiger partial charge on any atom is -1.00 e. The molecule has 3 aromatic rings. The highest BCUT2D eigenvalue weighted by atomic mass is 79.9. The summed E-state index contributed by atoms with van der Waals surface area (Å²) >= 11 is 0. The number of hydrogen-bond donors (Lipinski definition) is 2. The molecule has 6 rings (SSSR count). The van der Waals surface area contributed by atoms with Gasteiger partial charge in [0.15, 0.2) is 0 Å². The van der Waals surface area contributed by atoms with Gasteiger partial charge in [0.2, 0.25) is 0 Å². The van der Waals surface area contributed by atoms with Gasteiger partial charge in [-0.25, -0.2) is 0 Å². The Kier molecular flexibility index (Phi) is 7.48. The van der Waals surface area contributed by atoms with E-state index in [1.165, 1.54) is 0 Å². The van der Waals surface area contributed by atoms with E-state index in [0.29, 0.717) is 6.61 Å². The Bertz CT molecular complexity index is 992. The average molecular weight is 524 g/mol. The van der Waals surface area contributed by atoms with E-state index in [0.717, 1.165) is 73.2 Å². The van der Waals surface area contributed by atoms with Crippen LogP contribution in [0.25, 0.3) is 0 Å². The number of nitrogens with zero attached hydrogens (tertiary/aromatic N) is 1. The minimum atomic E-state index is -0.971. The van der Waals surface area contributed by atoms with Crippen LogP contribution in [0.5, 0.6) is 5.75 Å². The number of benzene rings is 3. The second-order valence-corrected chi connectivity index (χ2v) is 9.93. The fraction of sp³-hybridized carbons (Fsp3) is 0.379. The van der Waals surface area contributed by atoms with E-state index in [9.17, 15) is 10.2 Å². The number of piperidine rings is 3. The van der Waals surface area contributed by atoms with Crippen molar-refractivity contribution < 1.29 is 36.4 Å². The Morgan fingerprint density at radius 3 is 1.76 bits per heavy atom. The van der Waals surface area contributed by atoms with Crippen molar-refractivity contribution in [3.05, 3.63) is 102 Å². The first-order valence-electron chi connectivity index (χ1n) is 12.1. The molecule has 4 nitrogen and oxygen atoms in total. The molecule has 0 unspecified atom stereocenters. The zero-order valence-electron chi connectivity index (χ0n) is 19.6.